The summed E-state index contributed by atoms with van der Waals surface area (Å²) in [5, 5.41) is 2.81. The maximum Gasteiger partial charge on any atom is 0.216 e. The van der Waals surface area contributed by atoms with E-state index < -0.39 is 0 Å². The Morgan fingerprint density at radius 3 is 2.58 bits per heavy atom. The summed E-state index contributed by atoms with van der Waals surface area (Å²) < 4.78 is 0. The van der Waals surface area contributed by atoms with Gasteiger partial charge in [0, 0.05) is 13.5 Å². The second kappa shape index (κ2) is 3.92. The molecule has 2 nitrogen and oxygen atoms in total. The topological polar surface area (TPSA) is 29.1 Å². The van der Waals surface area contributed by atoms with E-state index in [-0.39, 0.29) is 5.91 Å². The van der Waals surface area contributed by atoms with E-state index in [0.717, 1.165) is 13.0 Å². The zero-order chi connectivity index (χ0) is 9.03. The molecule has 2 heteroatoms. The molecule has 0 spiro atoms. The Hall–Kier alpha value is -0.530. The van der Waals surface area contributed by atoms with Crippen molar-refractivity contribution in [2.75, 3.05) is 6.54 Å². The van der Waals surface area contributed by atoms with Crippen LogP contribution in [0, 0.1) is 5.41 Å². The van der Waals surface area contributed by atoms with E-state index in [2.05, 4.69) is 12.2 Å². The lowest BCUT2D eigenvalue weighted by atomic mass is 10.0. The quantitative estimate of drug-likeness (QED) is 0.627. The Kier molecular flexibility index (Phi) is 3.12. The number of hydrogen-bond acceptors (Lipinski definition) is 1. The Labute approximate surface area is 74.7 Å². The van der Waals surface area contributed by atoms with Gasteiger partial charge in [-0.3, -0.25) is 4.79 Å². The molecule has 1 amide bonds. The van der Waals surface area contributed by atoms with Crippen LogP contribution in [0.25, 0.3) is 0 Å². The third kappa shape index (κ3) is 3.74. The highest BCUT2D eigenvalue weighted by Crippen LogP contribution is 2.48. The predicted octanol–water partition coefficient (Wildman–Crippen LogP) is 2.09. The molecule has 0 aliphatic heterocycles. The fourth-order valence-electron chi connectivity index (χ4n) is 1.40. The normalized spacial score (nSPS) is 18.8. The first kappa shape index (κ1) is 9.56. The second-order valence-corrected chi connectivity index (χ2v) is 4.25. The van der Waals surface area contributed by atoms with Crippen LogP contribution >= 0.6 is 0 Å². The molecule has 0 unspecified atom stereocenters. The number of nitrogens with one attached hydrogen (secondary N) is 1. The Morgan fingerprint density at radius 1 is 1.42 bits per heavy atom. The molecule has 1 rings (SSSR count). The highest BCUT2D eigenvalue weighted by atomic mass is 16.1. The smallest absolute Gasteiger partial charge is 0.216 e. The number of rotatable bonds is 5. The number of unbranched alkanes of at least 4 members (excludes halogenated alkanes) is 1. The van der Waals surface area contributed by atoms with Gasteiger partial charge in [-0.15, -0.1) is 0 Å². The van der Waals surface area contributed by atoms with E-state index in [1.807, 2.05) is 0 Å². The largest absolute Gasteiger partial charge is 0.356 e. The lowest BCUT2D eigenvalue weighted by molar-refractivity contribution is -0.118. The highest BCUT2D eigenvalue weighted by Gasteiger charge is 2.35. The summed E-state index contributed by atoms with van der Waals surface area (Å²) in [6.07, 6.45) is 6.55. The fraction of sp³-hybridized carbons (Fsp3) is 0.900. The van der Waals surface area contributed by atoms with Gasteiger partial charge in [0.05, 0.1) is 0 Å². The van der Waals surface area contributed by atoms with E-state index in [1.165, 1.54) is 25.7 Å². The van der Waals surface area contributed by atoms with Crippen LogP contribution in [0.3, 0.4) is 0 Å². The zero-order valence-electron chi connectivity index (χ0n) is 8.15. The molecule has 1 fully saturated rings. The molecule has 0 heterocycles. The Bertz CT molecular complexity index is 161. The van der Waals surface area contributed by atoms with Crippen molar-refractivity contribution < 1.29 is 4.79 Å². The summed E-state index contributed by atoms with van der Waals surface area (Å²) in [5.74, 6) is 0.0904. The van der Waals surface area contributed by atoms with Gasteiger partial charge in [-0.1, -0.05) is 13.3 Å². The fourth-order valence-corrected chi connectivity index (χ4v) is 1.40. The third-order valence-electron chi connectivity index (χ3n) is 2.68. The summed E-state index contributed by atoms with van der Waals surface area (Å²) in [7, 11) is 0. The molecule has 0 aromatic rings. The second-order valence-electron chi connectivity index (χ2n) is 4.25. The van der Waals surface area contributed by atoms with E-state index in [4.69, 9.17) is 0 Å². The molecule has 1 saturated carbocycles. The van der Waals surface area contributed by atoms with Crippen molar-refractivity contribution in [1.82, 2.24) is 5.32 Å². The molecule has 0 saturated heterocycles. The van der Waals surface area contributed by atoms with Crippen LogP contribution in [-0.2, 0) is 4.79 Å². The Morgan fingerprint density at radius 2 is 2.08 bits per heavy atom. The molecular weight excluding hydrogens is 150 g/mol. The summed E-state index contributed by atoms with van der Waals surface area (Å²) >= 11 is 0. The van der Waals surface area contributed by atoms with Crippen molar-refractivity contribution in [3.05, 3.63) is 0 Å². The summed E-state index contributed by atoms with van der Waals surface area (Å²) in [6.45, 7) is 4.78. The molecule has 0 aromatic heterocycles. The first-order valence-electron chi connectivity index (χ1n) is 4.87. The van der Waals surface area contributed by atoms with Crippen molar-refractivity contribution in [2.45, 2.75) is 46.0 Å². The monoisotopic (exact) mass is 169 g/mol. The molecule has 0 bridgehead atoms. The molecule has 12 heavy (non-hydrogen) atoms. The predicted molar refractivity (Wildman–Crippen MR) is 49.9 cm³/mol. The van der Waals surface area contributed by atoms with E-state index in [9.17, 15) is 4.79 Å². The average molecular weight is 169 g/mol. The number of carbonyl (C=O) groups is 1. The van der Waals surface area contributed by atoms with Crippen molar-refractivity contribution in [1.29, 1.82) is 0 Å². The van der Waals surface area contributed by atoms with Gasteiger partial charge in [-0.05, 0) is 31.1 Å². The van der Waals surface area contributed by atoms with Crippen LogP contribution in [0.2, 0.25) is 0 Å². The molecule has 70 valence electrons. The number of carbonyl (C=O) groups excluding carboxylic acids is 1. The van der Waals surface area contributed by atoms with Crippen molar-refractivity contribution in [3.8, 4) is 0 Å². The van der Waals surface area contributed by atoms with Gasteiger partial charge < -0.3 is 5.32 Å². The average Bonchev–Trinajstić information content (AvgIpc) is 2.67. The van der Waals surface area contributed by atoms with Gasteiger partial charge in [0.1, 0.15) is 0 Å². The maximum atomic E-state index is 10.5. The van der Waals surface area contributed by atoms with Gasteiger partial charge in [0.15, 0.2) is 0 Å². The minimum atomic E-state index is 0.0904. The number of amides is 1. The molecular formula is C10H19NO. The molecule has 0 atom stereocenters. The first-order valence-corrected chi connectivity index (χ1v) is 4.87. The van der Waals surface area contributed by atoms with E-state index in [1.54, 1.807) is 6.92 Å². The Balaban J connectivity index is 1.86. The molecule has 1 aliphatic rings. The molecule has 0 aromatic carbocycles. The number of hydrogen-bond donors (Lipinski definition) is 1. The van der Waals surface area contributed by atoms with Crippen molar-refractivity contribution in [2.24, 2.45) is 5.41 Å². The van der Waals surface area contributed by atoms with Gasteiger partial charge in [-0.2, -0.15) is 0 Å². The minimum absolute atomic E-state index is 0.0904. The van der Waals surface area contributed by atoms with Crippen molar-refractivity contribution >= 4 is 5.91 Å². The van der Waals surface area contributed by atoms with Crippen LogP contribution in [0.15, 0.2) is 0 Å². The summed E-state index contributed by atoms with van der Waals surface area (Å²) in [6, 6.07) is 0. The molecule has 1 N–H and O–H groups in total. The van der Waals surface area contributed by atoms with Crippen LogP contribution < -0.4 is 5.32 Å². The maximum absolute atomic E-state index is 10.5. The van der Waals surface area contributed by atoms with Crippen molar-refractivity contribution in [3.63, 3.8) is 0 Å². The van der Waals surface area contributed by atoms with E-state index in [0.29, 0.717) is 5.41 Å². The lowest BCUT2D eigenvalue weighted by Crippen LogP contribution is -2.20. The van der Waals surface area contributed by atoms with Crippen LogP contribution in [-0.4, -0.2) is 12.5 Å². The van der Waals surface area contributed by atoms with Crippen LogP contribution in [0.5, 0.6) is 0 Å². The highest BCUT2D eigenvalue weighted by molar-refractivity contribution is 5.72. The lowest BCUT2D eigenvalue weighted by Gasteiger charge is -2.07. The van der Waals surface area contributed by atoms with Gasteiger partial charge in [0.2, 0.25) is 5.91 Å². The van der Waals surface area contributed by atoms with E-state index >= 15 is 0 Å². The van der Waals surface area contributed by atoms with Gasteiger partial charge in [0.25, 0.3) is 0 Å². The summed E-state index contributed by atoms with van der Waals surface area (Å²) in [4.78, 5) is 10.5. The van der Waals surface area contributed by atoms with Crippen LogP contribution in [0.1, 0.15) is 46.0 Å². The molecule has 1 aliphatic carbocycles. The van der Waals surface area contributed by atoms with Gasteiger partial charge >= 0.3 is 0 Å². The first-order chi connectivity index (χ1) is 5.62. The van der Waals surface area contributed by atoms with Gasteiger partial charge in [-0.25, -0.2) is 0 Å². The zero-order valence-corrected chi connectivity index (χ0v) is 8.15. The molecule has 0 radical (unpaired) electrons. The SMILES string of the molecule is CC(=O)NCCCCC1(C)CC1. The third-order valence-corrected chi connectivity index (χ3v) is 2.68. The minimum Gasteiger partial charge on any atom is -0.356 e. The standard InChI is InChI=1S/C10H19NO/c1-9(12)11-8-4-3-5-10(2)6-7-10/h3-8H2,1-2H3,(H,11,12). The van der Waals surface area contributed by atoms with Crippen LogP contribution in [0.4, 0.5) is 0 Å². The summed E-state index contributed by atoms with van der Waals surface area (Å²) in [5.41, 5.74) is 0.677.